The first-order valence-corrected chi connectivity index (χ1v) is 19.7. The van der Waals surface area contributed by atoms with Crippen molar-refractivity contribution >= 4 is 0 Å². The van der Waals surface area contributed by atoms with Crippen molar-refractivity contribution < 1.29 is 4.74 Å². The van der Waals surface area contributed by atoms with E-state index in [4.69, 9.17) is 4.74 Å². The topological polar surface area (TPSA) is 9.23 Å². The van der Waals surface area contributed by atoms with Gasteiger partial charge in [-0.25, -0.2) is 0 Å². The third-order valence-corrected chi connectivity index (χ3v) is 14.5. The molecule has 0 spiro atoms. The van der Waals surface area contributed by atoms with Gasteiger partial charge in [-0.15, -0.1) is 0 Å². The van der Waals surface area contributed by atoms with E-state index in [0.29, 0.717) is 17.9 Å². The van der Waals surface area contributed by atoms with Gasteiger partial charge in [-0.05, 0) is 136 Å². The van der Waals surface area contributed by atoms with Gasteiger partial charge in [-0.1, -0.05) is 131 Å². The fourth-order valence-corrected chi connectivity index (χ4v) is 11.9. The van der Waals surface area contributed by atoms with Gasteiger partial charge in [-0.2, -0.15) is 0 Å². The standard InChI is InChI=1S/C46H70O/c1-28-21-38-34(31-23-32(44(3,4)5)25-33(24-31)45(6,7)8)19-16-20-35(38)36(28)26-37-29(2)22-40-39(37)27-41(46(9,10)11)43(47-12)42(40)30-17-14-13-15-18-30/h13-15,17-18,23-25,28-29,34-43H,16,19-22,26-27H2,1-12H3. The van der Waals surface area contributed by atoms with E-state index in [1.807, 2.05) is 7.11 Å². The lowest BCUT2D eigenvalue weighted by atomic mass is 9.57. The second-order valence-corrected chi connectivity index (χ2v) is 20.4. The maximum Gasteiger partial charge on any atom is 0.0675 e. The average Bonchev–Trinajstić information content (AvgIpc) is 3.49. The predicted octanol–water partition coefficient (Wildman–Crippen LogP) is 12.6. The Kier molecular flexibility index (Phi) is 9.70. The van der Waals surface area contributed by atoms with E-state index in [-0.39, 0.29) is 16.2 Å². The van der Waals surface area contributed by atoms with Gasteiger partial charge in [0.15, 0.2) is 0 Å². The van der Waals surface area contributed by atoms with Crippen molar-refractivity contribution in [3.63, 3.8) is 0 Å². The molecule has 4 fully saturated rings. The van der Waals surface area contributed by atoms with Gasteiger partial charge in [0, 0.05) is 13.0 Å². The van der Waals surface area contributed by atoms with Crippen LogP contribution in [0.2, 0.25) is 0 Å². The molecule has 0 saturated heterocycles. The number of hydrogen-bond donors (Lipinski definition) is 0. The molecule has 0 heterocycles. The van der Waals surface area contributed by atoms with Crippen LogP contribution >= 0.6 is 0 Å². The molecular weight excluding hydrogens is 569 g/mol. The molecule has 47 heavy (non-hydrogen) atoms. The molecular formula is C46H70O. The highest BCUT2D eigenvalue weighted by atomic mass is 16.5. The number of benzene rings is 2. The van der Waals surface area contributed by atoms with Crippen LogP contribution in [0.3, 0.4) is 0 Å². The van der Waals surface area contributed by atoms with Crippen LogP contribution in [0.1, 0.15) is 155 Å². The Morgan fingerprint density at radius 1 is 0.638 bits per heavy atom. The zero-order valence-corrected chi connectivity index (χ0v) is 32.4. The van der Waals surface area contributed by atoms with Crippen molar-refractivity contribution in [3.05, 3.63) is 70.8 Å². The Bertz CT molecular complexity index is 1320. The molecule has 0 amide bonds. The van der Waals surface area contributed by atoms with E-state index >= 15 is 0 Å². The van der Waals surface area contributed by atoms with E-state index in [0.717, 1.165) is 53.3 Å². The number of hydrogen-bond acceptors (Lipinski definition) is 1. The van der Waals surface area contributed by atoms with Crippen LogP contribution < -0.4 is 0 Å². The molecule has 4 aliphatic rings. The minimum absolute atomic E-state index is 0.176. The first kappa shape index (κ1) is 35.2. The molecule has 0 radical (unpaired) electrons. The van der Waals surface area contributed by atoms with E-state index in [1.165, 1.54) is 61.6 Å². The summed E-state index contributed by atoms with van der Waals surface area (Å²) in [6.07, 6.45) is 10.2. The first-order valence-electron chi connectivity index (χ1n) is 19.7. The molecule has 260 valence electrons. The molecule has 0 aliphatic heterocycles. The van der Waals surface area contributed by atoms with Crippen LogP contribution in [0.25, 0.3) is 0 Å². The fraction of sp³-hybridized carbons (Fsp3) is 0.739. The molecule has 1 nitrogen and oxygen atoms in total. The van der Waals surface area contributed by atoms with Crippen LogP contribution in [-0.2, 0) is 15.6 Å². The highest BCUT2D eigenvalue weighted by molar-refractivity contribution is 5.39. The second kappa shape index (κ2) is 12.9. The number of ether oxygens (including phenoxy) is 1. The molecule has 0 bridgehead atoms. The lowest BCUT2D eigenvalue weighted by Gasteiger charge is -2.50. The number of fused-ring (bicyclic) bond motifs is 2. The Hall–Kier alpha value is -1.60. The van der Waals surface area contributed by atoms with Crippen molar-refractivity contribution in [2.24, 2.45) is 58.7 Å². The first-order chi connectivity index (χ1) is 22.0. The van der Waals surface area contributed by atoms with Crippen LogP contribution in [-0.4, -0.2) is 13.2 Å². The van der Waals surface area contributed by atoms with E-state index in [9.17, 15) is 0 Å². The molecule has 2 aromatic carbocycles. The van der Waals surface area contributed by atoms with Crippen molar-refractivity contribution in [1.82, 2.24) is 0 Å². The fourth-order valence-electron chi connectivity index (χ4n) is 11.9. The minimum Gasteiger partial charge on any atom is -0.381 e. The Balaban J connectivity index is 1.29. The molecule has 0 aromatic heterocycles. The Labute approximate surface area is 290 Å². The highest BCUT2D eigenvalue weighted by Gasteiger charge is 2.56. The lowest BCUT2D eigenvalue weighted by Crippen LogP contribution is -2.47. The second-order valence-electron chi connectivity index (χ2n) is 20.4. The van der Waals surface area contributed by atoms with Gasteiger partial charge in [-0.3, -0.25) is 0 Å². The lowest BCUT2D eigenvalue weighted by molar-refractivity contribution is -0.0758. The summed E-state index contributed by atoms with van der Waals surface area (Å²) in [6.45, 7) is 27.1. The van der Waals surface area contributed by atoms with Crippen LogP contribution in [0.15, 0.2) is 48.5 Å². The highest BCUT2D eigenvalue weighted by Crippen LogP contribution is 2.63. The Morgan fingerprint density at radius 3 is 1.77 bits per heavy atom. The van der Waals surface area contributed by atoms with E-state index in [1.54, 1.807) is 5.56 Å². The Morgan fingerprint density at radius 2 is 1.21 bits per heavy atom. The smallest absolute Gasteiger partial charge is 0.0675 e. The van der Waals surface area contributed by atoms with Gasteiger partial charge in [0.2, 0.25) is 0 Å². The maximum absolute atomic E-state index is 6.51. The monoisotopic (exact) mass is 639 g/mol. The van der Waals surface area contributed by atoms with Crippen molar-refractivity contribution in [2.45, 2.75) is 150 Å². The summed E-state index contributed by atoms with van der Waals surface area (Å²) < 4.78 is 6.51. The minimum atomic E-state index is 0.176. The summed E-state index contributed by atoms with van der Waals surface area (Å²) in [5, 5.41) is 0. The van der Waals surface area contributed by atoms with Crippen molar-refractivity contribution in [1.29, 1.82) is 0 Å². The van der Waals surface area contributed by atoms with Crippen LogP contribution in [0, 0.1) is 58.7 Å². The third kappa shape index (κ3) is 6.79. The molecule has 2 aromatic rings. The summed E-state index contributed by atoms with van der Waals surface area (Å²) in [5.41, 5.74) is 6.84. The van der Waals surface area contributed by atoms with Crippen molar-refractivity contribution in [3.8, 4) is 0 Å². The van der Waals surface area contributed by atoms with E-state index in [2.05, 4.69) is 125 Å². The zero-order valence-electron chi connectivity index (χ0n) is 32.4. The molecule has 6 rings (SSSR count). The normalized spacial score (nSPS) is 37.9. The largest absolute Gasteiger partial charge is 0.381 e. The van der Waals surface area contributed by atoms with E-state index < -0.39 is 0 Å². The summed E-state index contributed by atoms with van der Waals surface area (Å²) in [6, 6.07) is 19.3. The van der Waals surface area contributed by atoms with Crippen LogP contribution in [0.4, 0.5) is 0 Å². The zero-order chi connectivity index (χ0) is 34.1. The summed E-state index contributed by atoms with van der Waals surface area (Å²) in [5.74, 6) is 8.49. The molecule has 12 unspecified atom stereocenters. The predicted molar refractivity (Wildman–Crippen MR) is 201 cm³/mol. The van der Waals surface area contributed by atoms with Gasteiger partial charge in [0.05, 0.1) is 6.10 Å². The quantitative estimate of drug-likeness (QED) is 0.317. The van der Waals surface area contributed by atoms with Crippen LogP contribution in [0.5, 0.6) is 0 Å². The number of methoxy groups -OCH3 is 1. The van der Waals surface area contributed by atoms with Gasteiger partial charge < -0.3 is 4.74 Å². The van der Waals surface area contributed by atoms with Gasteiger partial charge in [0.25, 0.3) is 0 Å². The van der Waals surface area contributed by atoms with Gasteiger partial charge in [0.1, 0.15) is 0 Å². The molecule has 4 aliphatic carbocycles. The van der Waals surface area contributed by atoms with Crippen molar-refractivity contribution in [2.75, 3.05) is 7.11 Å². The summed E-state index contributed by atoms with van der Waals surface area (Å²) in [7, 11) is 2.00. The SMILES string of the molecule is COC1C(c2ccccc2)C2CC(C)C(CC3C(C)CC4C(c5cc(C(C)(C)C)cc(C(C)(C)C)c5)CCCC34)C2CC1C(C)(C)C. The molecule has 12 atom stereocenters. The third-order valence-electron chi connectivity index (χ3n) is 14.5. The summed E-state index contributed by atoms with van der Waals surface area (Å²) in [4.78, 5) is 0. The maximum atomic E-state index is 6.51. The molecule has 4 saturated carbocycles. The van der Waals surface area contributed by atoms with Gasteiger partial charge >= 0.3 is 0 Å². The summed E-state index contributed by atoms with van der Waals surface area (Å²) >= 11 is 0. The molecule has 0 N–H and O–H groups in total. The average molecular weight is 639 g/mol. The molecule has 1 heteroatoms. The number of rotatable bonds is 5.